The van der Waals surface area contributed by atoms with E-state index in [0.29, 0.717) is 12.2 Å². The van der Waals surface area contributed by atoms with Crippen molar-refractivity contribution in [3.63, 3.8) is 0 Å². The fourth-order valence-electron chi connectivity index (χ4n) is 4.08. The Morgan fingerprint density at radius 3 is 2.59 bits per heavy atom. The van der Waals surface area contributed by atoms with E-state index in [1.54, 1.807) is 22.9 Å². The molecule has 0 radical (unpaired) electrons. The first-order valence-electron chi connectivity index (χ1n) is 10.9. The van der Waals surface area contributed by atoms with Crippen molar-refractivity contribution in [2.24, 2.45) is 0 Å². The Morgan fingerprint density at radius 1 is 1.12 bits per heavy atom. The van der Waals surface area contributed by atoms with E-state index < -0.39 is 0 Å². The van der Waals surface area contributed by atoms with Crippen LogP contribution in [0.1, 0.15) is 25.3 Å². The normalized spacial score (nSPS) is 16.7. The average Bonchev–Trinajstić information content (AvgIpc) is 2.84. The zero-order valence-corrected chi connectivity index (χ0v) is 19.2. The van der Waals surface area contributed by atoms with Gasteiger partial charge in [-0.2, -0.15) is 0 Å². The van der Waals surface area contributed by atoms with E-state index in [2.05, 4.69) is 24.5 Å². The Bertz CT molecular complexity index is 1070. The predicted molar refractivity (Wildman–Crippen MR) is 131 cm³/mol. The summed E-state index contributed by atoms with van der Waals surface area (Å²) in [7, 11) is 0. The minimum atomic E-state index is -0.370. The van der Waals surface area contributed by atoms with Gasteiger partial charge in [0.2, 0.25) is 0 Å². The third-order valence-electron chi connectivity index (χ3n) is 5.85. The second-order valence-corrected chi connectivity index (χ2v) is 8.69. The fourth-order valence-corrected chi connectivity index (χ4v) is 4.70. The second-order valence-electron chi connectivity index (χ2n) is 7.84. The molecule has 0 spiro atoms. The Labute approximate surface area is 193 Å². The molecule has 0 aliphatic carbocycles. The summed E-state index contributed by atoms with van der Waals surface area (Å²) in [6.45, 7) is 2.74. The van der Waals surface area contributed by atoms with Crippen molar-refractivity contribution < 1.29 is 9.18 Å². The topological polar surface area (TPSA) is 35.6 Å². The van der Waals surface area contributed by atoms with Crippen LogP contribution >= 0.6 is 11.8 Å². The fraction of sp³-hybridized carbons (Fsp3) is 0.269. The molecule has 32 heavy (non-hydrogen) atoms. The Balaban J connectivity index is 1.65. The molecule has 1 unspecified atom stereocenters. The largest absolute Gasteiger partial charge is 0.301 e. The van der Waals surface area contributed by atoms with Gasteiger partial charge in [0.1, 0.15) is 18.1 Å². The van der Waals surface area contributed by atoms with Gasteiger partial charge in [0.25, 0.3) is 0 Å². The number of halogens is 1. The van der Waals surface area contributed by atoms with Crippen LogP contribution < -0.4 is 10.4 Å². The molecule has 1 saturated heterocycles. The molecule has 0 bridgehead atoms. The Kier molecular flexibility index (Phi) is 7.12. The lowest BCUT2D eigenvalue weighted by atomic mass is 10.0. The van der Waals surface area contributed by atoms with Crippen molar-refractivity contribution in [3.05, 3.63) is 78.1 Å². The number of rotatable bonds is 7. The predicted octanol–water partition coefficient (Wildman–Crippen LogP) is 6.19. The number of carbonyl (C=O) groups is 1. The van der Waals surface area contributed by atoms with Crippen LogP contribution in [0, 0.1) is 5.82 Å². The van der Waals surface area contributed by atoms with E-state index in [1.807, 2.05) is 59.8 Å². The molecule has 1 aliphatic heterocycles. The third-order valence-corrected chi connectivity index (χ3v) is 6.65. The molecule has 0 aromatic heterocycles. The van der Waals surface area contributed by atoms with E-state index in [1.165, 1.54) is 5.56 Å². The Hall–Kier alpha value is -2.83. The summed E-state index contributed by atoms with van der Waals surface area (Å²) in [5, 5.41) is 3.61. The molecule has 4 rings (SSSR count). The standard InChI is InChI=1S/C26H28FN3OS/c1-3-19-10-13-21(14-11-19)28-30-22(18-31)7-6-16-29(30)25-15-12-20(17-24(25)27)23-8-4-5-9-26(23)32-2/h4-5,8-15,17-18,22,28H,3,6-7,16H2,1-2H3. The lowest BCUT2D eigenvalue weighted by Gasteiger charge is -2.43. The molecule has 1 fully saturated rings. The summed E-state index contributed by atoms with van der Waals surface area (Å²) in [6, 6.07) is 21.1. The third kappa shape index (κ3) is 4.66. The molecule has 166 valence electrons. The number of nitrogens with one attached hydrogen (secondary N) is 1. The van der Waals surface area contributed by atoms with Gasteiger partial charge in [0, 0.05) is 11.4 Å². The molecule has 6 heteroatoms. The van der Waals surface area contributed by atoms with E-state index >= 15 is 4.39 Å². The van der Waals surface area contributed by atoms with Gasteiger partial charge in [0.05, 0.1) is 11.4 Å². The monoisotopic (exact) mass is 449 g/mol. The highest BCUT2D eigenvalue weighted by molar-refractivity contribution is 7.98. The first-order valence-corrected chi connectivity index (χ1v) is 12.2. The number of hydrazine groups is 2. The highest BCUT2D eigenvalue weighted by atomic mass is 32.2. The maximum Gasteiger partial charge on any atom is 0.148 e. The molecule has 1 heterocycles. The van der Waals surface area contributed by atoms with Gasteiger partial charge >= 0.3 is 0 Å². The van der Waals surface area contributed by atoms with Gasteiger partial charge in [-0.05, 0) is 72.5 Å². The number of anilines is 2. The molecular weight excluding hydrogens is 421 g/mol. The Morgan fingerprint density at radius 2 is 1.91 bits per heavy atom. The summed E-state index contributed by atoms with van der Waals surface area (Å²) in [6.07, 6.45) is 5.45. The summed E-state index contributed by atoms with van der Waals surface area (Å²) in [5.41, 5.74) is 7.75. The van der Waals surface area contributed by atoms with Crippen LogP contribution in [0.15, 0.2) is 71.6 Å². The summed E-state index contributed by atoms with van der Waals surface area (Å²) in [4.78, 5) is 12.9. The molecule has 1 atom stereocenters. The van der Waals surface area contributed by atoms with Crippen LogP contribution in [0.25, 0.3) is 11.1 Å². The van der Waals surface area contributed by atoms with E-state index in [9.17, 15) is 4.79 Å². The zero-order valence-electron chi connectivity index (χ0n) is 18.4. The number of carbonyl (C=O) groups excluding carboxylic acids is 1. The van der Waals surface area contributed by atoms with E-state index in [-0.39, 0.29) is 11.9 Å². The summed E-state index contributed by atoms with van der Waals surface area (Å²) < 4.78 is 15.4. The minimum Gasteiger partial charge on any atom is -0.301 e. The number of hydrogen-bond donors (Lipinski definition) is 1. The van der Waals surface area contributed by atoms with Crippen LogP contribution in [0.5, 0.6) is 0 Å². The molecule has 1 N–H and O–H groups in total. The quantitative estimate of drug-likeness (QED) is 0.344. The van der Waals surface area contributed by atoms with Crippen LogP contribution in [-0.4, -0.2) is 30.2 Å². The smallest absolute Gasteiger partial charge is 0.148 e. The number of benzene rings is 3. The van der Waals surface area contributed by atoms with Crippen molar-refractivity contribution in [2.75, 3.05) is 23.2 Å². The molecule has 4 nitrogen and oxygen atoms in total. The molecule has 1 aliphatic rings. The van der Waals surface area contributed by atoms with Crippen LogP contribution in [0.3, 0.4) is 0 Å². The second kappa shape index (κ2) is 10.2. The number of nitrogens with zero attached hydrogens (tertiary/aromatic N) is 2. The van der Waals surface area contributed by atoms with Crippen LogP contribution in [0.4, 0.5) is 15.8 Å². The molecule has 3 aromatic carbocycles. The highest BCUT2D eigenvalue weighted by Crippen LogP contribution is 2.34. The minimum absolute atomic E-state index is 0.307. The molecule has 0 saturated carbocycles. The van der Waals surface area contributed by atoms with Gasteiger partial charge in [-0.25, -0.2) is 4.39 Å². The van der Waals surface area contributed by atoms with Gasteiger partial charge in [-0.15, -0.1) is 16.9 Å². The highest BCUT2D eigenvalue weighted by Gasteiger charge is 2.31. The van der Waals surface area contributed by atoms with Crippen molar-refractivity contribution in [3.8, 4) is 11.1 Å². The molecule has 0 amide bonds. The van der Waals surface area contributed by atoms with E-state index in [0.717, 1.165) is 47.3 Å². The SMILES string of the molecule is CCc1ccc(NN2C(C=O)CCCN2c2ccc(-c3ccccc3SC)cc2F)cc1. The number of thioether (sulfide) groups is 1. The van der Waals surface area contributed by atoms with Gasteiger partial charge in [-0.1, -0.05) is 43.3 Å². The maximum absolute atomic E-state index is 15.4. The maximum atomic E-state index is 15.4. The van der Waals surface area contributed by atoms with Gasteiger partial charge in [-0.3, -0.25) is 5.01 Å². The van der Waals surface area contributed by atoms with Crippen molar-refractivity contribution in [2.45, 2.75) is 37.1 Å². The number of aryl methyl sites for hydroxylation is 1. The van der Waals surface area contributed by atoms with Crippen LogP contribution in [0.2, 0.25) is 0 Å². The van der Waals surface area contributed by atoms with Crippen molar-refractivity contribution >= 4 is 29.4 Å². The van der Waals surface area contributed by atoms with Crippen molar-refractivity contribution in [1.29, 1.82) is 0 Å². The van der Waals surface area contributed by atoms with Gasteiger partial charge < -0.3 is 10.2 Å². The lowest BCUT2D eigenvalue weighted by Crippen LogP contribution is -2.56. The summed E-state index contributed by atoms with van der Waals surface area (Å²) in [5.74, 6) is -0.307. The number of aldehydes is 1. The average molecular weight is 450 g/mol. The van der Waals surface area contributed by atoms with E-state index in [4.69, 9.17) is 0 Å². The van der Waals surface area contributed by atoms with Crippen LogP contribution in [-0.2, 0) is 11.2 Å². The lowest BCUT2D eigenvalue weighted by molar-refractivity contribution is -0.113. The van der Waals surface area contributed by atoms with Gasteiger partial charge in [0.15, 0.2) is 0 Å². The molecular formula is C26H28FN3OS. The zero-order chi connectivity index (χ0) is 22.5. The summed E-state index contributed by atoms with van der Waals surface area (Å²) >= 11 is 1.65. The first kappa shape index (κ1) is 22.4. The number of hydrogen-bond acceptors (Lipinski definition) is 5. The van der Waals surface area contributed by atoms with Crippen molar-refractivity contribution in [1.82, 2.24) is 5.12 Å². The first-order chi connectivity index (χ1) is 15.6. The molecule has 3 aromatic rings.